The molecule has 36 nitrogen and oxygen atoms in total. The fourth-order valence-corrected chi connectivity index (χ4v) is 10.8. The normalized spacial score (nSPS) is 53.7. The fraction of sp³-hybridized carbons (Fsp3) is 1.00. The first-order valence-corrected chi connectivity index (χ1v) is 25.7. The molecule has 0 aromatic rings. The van der Waals surface area contributed by atoms with Crippen LogP contribution in [-0.2, 0) is 71.1 Å². The van der Waals surface area contributed by atoms with Crippen molar-refractivity contribution in [2.24, 2.45) is 0 Å². The van der Waals surface area contributed by atoms with Crippen LogP contribution in [0.1, 0.15) is 0 Å². The Morgan fingerprint density at radius 3 is 0.575 bits per heavy atom. The Bertz CT molecular complexity index is 1880. The van der Waals surface area contributed by atoms with E-state index in [4.69, 9.17) is 71.1 Å². The molecule has 0 amide bonds. The molecular weight excluding hydrogens is 1100 g/mol. The zero-order valence-corrected chi connectivity index (χ0v) is 42.1. The number of hydrogen-bond acceptors (Lipinski definition) is 36. The molecule has 36 heteroatoms. The average molecular weight is 1180 g/mol. The van der Waals surface area contributed by atoms with Gasteiger partial charge in [0.2, 0.25) is 0 Å². The first-order chi connectivity index (χ1) is 38.2. The molecule has 0 spiro atoms. The van der Waals surface area contributed by atoms with Crippen LogP contribution in [0, 0.1) is 0 Å². The monoisotopic (exact) mass is 1180 g/mol. The summed E-state index contributed by atoms with van der Waals surface area (Å²) in [5.41, 5.74) is 0. The van der Waals surface area contributed by atoms with E-state index in [1.807, 2.05) is 0 Å². The Morgan fingerprint density at radius 1 is 0.212 bits per heavy atom. The summed E-state index contributed by atoms with van der Waals surface area (Å²) in [4.78, 5) is 0. The summed E-state index contributed by atoms with van der Waals surface area (Å²) >= 11 is 0. The van der Waals surface area contributed by atoms with Crippen LogP contribution in [0.15, 0.2) is 0 Å². The van der Waals surface area contributed by atoms with Crippen molar-refractivity contribution in [3.63, 3.8) is 0 Å². The first kappa shape index (κ1) is 64.6. The predicted octanol–water partition coefficient (Wildman–Crippen LogP) is -15.2. The van der Waals surface area contributed by atoms with Crippen LogP contribution in [0.4, 0.5) is 0 Å². The van der Waals surface area contributed by atoms with Crippen LogP contribution in [0.5, 0.6) is 0 Å². The summed E-state index contributed by atoms with van der Waals surface area (Å²) in [5, 5.41) is 231. The van der Waals surface area contributed by atoms with Crippen molar-refractivity contribution in [2.75, 3.05) is 59.5 Å². The second-order valence-electron chi connectivity index (χ2n) is 20.2. The number of rotatable bonds is 10. The van der Waals surface area contributed by atoms with Gasteiger partial charge in [0.05, 0.1) is 59.5 Å². The van der Waals surface area contributed by atoms with Crippen molar-refractivity contribution in [3.05, 3.63) is 0 Å². The molecule has 14 bridgehead atoms. The highest BCUT2D eigenvalue weighted by Crippen LogP contribution is 2.39. The smallest absolute Gasteiger partial charge is 0.187 e. The molecule has 0 radical (unpaired) electrons. The lowest BCUT2D eigenvalue weighted by Crippen LogP contribution is -2.68. The molecular formula is C44H74O36. The molecule has 0 aliphatic carbocycles. The van der Waals surface area contributed by atoms with Gasteiger partial charge in [-0.2, -0.15) is 0 Å². The van der Waals surface area contributed by atoms with Crippen molar-refractivity contribution in [3.8, 4) is 0 Å². The summed E-state index contributed by atoms with van der Waals surface area (Å²) in [7, 11) is 0. The molecule has 0 saturated carbocycles. The fourth-order valence-electron chi connectivity index (χ4n) is 10.8. The molecule has 466 valence electrons. The number of aliphatic hydroxyl groups excluding tert-OH is 21. The highest BCUT2D eigenvalue weighted by molar-refractivity contribution is 5.02. The van der Waals surface area contributed by atoms with Gasteiger partial charge >= 0.3 is 0 Å². The number of fused-ring (bicyclic) bond motifs is 7. The third-order valence-electron chi connectivity index (χ3n) is 15.2. The SMILES string of the molecule is OCCO[C@H]1[C@H]2O[C@H]3[C@H](O)[C@@H](O)[C@@H](O[C@H]4[C@H](O)[C@@H](O)[C@@H](O[C@H]5[C@H](O)[C@@H](O)[C@@H](O[C@H]6[C@H](O)[C@@H](O)[C@@H](O[C@H]7[C@H](O)[C@@H](O)[C@@H](O[C@H]8[C@H](O)[C@@H](O)[C@@H](O[C@@H]([C@@H]1O)[C@@H](CO)O2)O[C@@H]8CO)O[C@@H]7CO)O[C@@H]6CO)O[C@@H]5CO)O[C@@H]4CO)O[C@@H]3CO. The Morgan fingerprint density at radius 2 is 0.388 bits per heavy atom. The zero-order valence-electron chi connectivity index (χ0n) is 42.1. The van der Waals surface area contributed by atoms with Crippen LogP contribution in [0.2, 0.25) is 0 Å². The minimum absolute atomic E-state index is 0.554. The van der Waals surface area contributed by atoms with E-state index in [0.717, 1.165) is 0 Å². The van der Waals surface area contributed by atoms with Gasteiger partial charge in [-0.05, 0) is 0 Å². The molecule has 0 aromatic carbocycles. The molecule has 21 N–H and O–H groups in total. The van der Waals surface area contributed by atoms with E-state index in [1.165, 1.54) is 0 Å². The molecule has 15 heterocycles. The van der Waals surface area contributed by atoms with Gasteiger partial charge in [-0.25, -0.2) is 0 Å². The summed E-state index contributed by atoms with van der Waals surface area (Å²) in [6.07, 6.45) is -69.6. The van der Waals surface area contributed by atoms with E-state index in [0.29, 0.717) is 0 Å². The molecule has 15 aliphatic heterocycles. The topological polar surface area (TPSA) is 563 Å². The van der Waals surface area contributed by atoms with Crippen molar-refractivity contribution in [2.45, 2.75) is 215 Å². The molecule has 15 rings (SSSR count). The molecule has 0 aromatic heterocycles. The van der Waals surface area contributed by atoms with Gasteiger partial charge in [-0.3, -0.25) is 0 Å². The van der Waals surface area contributed by atoms with E-state index in [1.54, 1.807) is 0 Å². The average Bonchev–Trinajstić information content (AvgIpc) is 3.54. The van der Waals surface area contributed by atoms with E-state index >= 15 is 0 Å². The molecule has 15 fully saturated rings. The Kier molecular flexibility index (Phi) is 22.5. The van der Waals surface area contributed by atoms with Crippen molar-refractivity contribution in [1.29, 1.82) is 0 Å². The van der Waals surface area contributed by atoms with Crippen molar-refractivity contribution < 1.29 is 178 Å². The maximum atomic E-state index is 11.8. The first-order valence-electron chi connectivity index (χ1n) is 25.7. The van der Waals surface area contributed by atoms with Crippen LogP contribution in [-0.4, -0.2) is 382 Å². The summed E-state index contributed by atoms with van der Waals surface area (Å²) in [5.74, 6) is 0. The summed E-state index contributed by atoms with van der Waals surface area (Å²) in [6, 6.07) is 0. The second kappa shape index (κ2) is 27.9. The molecule has 15 aliphatic rings. The largest absolute Gasteiger partial charge is 0.394 e. The lowest BCUT2D eigenvalue weighted by molar-refractivity contribution is -0.398. The minimum Gasteiger partial charge on any atom is -0.394 e. The van der Waals surface area contributed by atoms with Crippen LogP contribution >= 0.6 is 0 Å². The second-order valence-corrected chi connectivity index (χ2v) is 20.2. The van der Waals surface area contributed by atoms with E-state index in [2.05, 4.69) is 0 Å². The van der Waals surface area contributed by atoms with Crippen LogP contribution in [0.25, 0.3) is 0 Å². The van der Waals surface area contributed by atoms with E-state index in [-0.39, 0.29) is 0 Å². The number of aliphatic hydroxyl groups is 21. The molecule has 15 saturated heterocycles. The van der Waals surface area contributed by atoms with Crippen LogP contribution in [0.3, 0.4) is 0 Å². The minimum atomic E-state index is -2.21. The Balaban J connectivity index is 1.09. The predicted molar refractivity (Wildman–Crippen MR) is 239 cm³/mol. The standard InChI is InChI=1S/C44H74O36/c45-1-2-66-37-29(65)36-16(9-52)73-44(37)80-35-15(8-51)72-42(28(64)22(35)58)78-33-13(6-49)70-40(26(62)20(33)56)76-31-11(4-47)68-38(24(60)18(31)54)74-30-10(3-46)67-39(23(59)17(30)53)75-32-12(5-48)69-41(25(61)19(32)55)77-34-14(7-50)71-43(79-36)27(63)21(34)57/h10-65H,1-9H2/t10-,11-,12-,13-,14-,15-,16-,17-,18-,19-,20-,21-,22-,23-,24-,25-,26-,27-,28-,29+,30-,31-,32-,33-,34-,35-,36-,37-,38-,39-,40-,41-,42-,43-,44-/m1/s1. The highest BCUT2D eigenvalue weighted by Gasteiger charge is 2.60. The van der Waals surface area contributed by atoms with Crippen LogP contribution < -0.4 is 0 Å². The third kappa shape index (κ3) is 12.8. The lowest BCUT2D eigenvalue weighted by Gasteiger charge is -2.50. The highest BCUT2D eigenvalue weighted by atomic mass is 16.8. The number of hydrogen-bond donors (Lipinski definition) is 21. The summed E-state index contributed by atoms with van der Waals surface area (Å²) in [6.45, 7) is -8.56. The number of ether oxygens (including phenoxy) is 15. The quantitative estimate of drug-likeness (QED) is 0.0966. The van der Waals surface area contributed by atoms with Gasteiger partial charge in [0.1, 0.15) is 171 Å². The third-order valence-corrected chi connectivity index (χ3v) is 15.2. The van der Waals surface area contributed by atoms with Gasteiger partial charge < -0.3 is 178 Å². The van der Waals surface area contributed by atoms with E-state index < -0.39 is 274 Å². The van der Waals surface area contributed by atoms with Crippen molar-refractivity contribution >= 4 is 0 Å². The maximum absolute atomic E-state index is 11.8. The molecule has 80 heavy (non-hydrogen) atoms. The van der Waals surface area contributed by atoms with Crippen molar-refractivity contribution in [1.82, 2.24) is 0 Å². The van der Waals surface area contributed by atoms with Gasteiger partial charge in [-0.15, -0.1) is 0 Å². The van der Waals surface area contributed by atoms with Gasteiger partial charge in [0.15, 0.2) is 44.0 Å². The maximum Gasteiger partial charge on any atom is 0.187 e. The van der Waals surface area contributed by atoms with Gasteiger partial charge in [-0.1, -0.05) is 0 Å². The molecule has 0 unspecified atom stereocenters. The van der Waals surface area contributed by atoms with Gasteiger partial charge in [0, 0.05) is 0 Å². The lowest BCUT2D eigenvalue weighted by atomic mass is 9.95. The van der Waals surface area contributed by atoms with E-state index in [9.17, 15) is 107 Å². The molecule has 35 atom stereocenters. The van der Waals surface area contributed by atoms with Gasteiger partial charge in [0.25, 0.3) is 0 Å². The Labute approximate surface area is 452 Å². The zero-order chi connectivity index (χ0) is 58.2. The summed E-state index contributed by atoms with van der Waals surface area (Å²) < 4.78 is 86.1. The Hall–Kier alpha value is -1.44.